The van der Waals surface area contributed by atoms with Gasteiger partial charge in [-0.15, -0.1) is 10.2 Å². The molecule has 1 N–H and O–H groups in total. The molecule has 1 aromatic carbocycles. The number of nitrogens with zero attached hydrogens (tertiary/aromatic N) is 3. The maximum Gasteiger partial charge on any atom is 0.293 e. The van der Waals surface area contributed by atoms with Crippen LogP contribution in [0.2, 0.25) is 0 Å². The van der Waals surface area contributed by atoms with E-state index < -0.39 is 17.5 Å². The topological polar surface area (TPSA) is 103 Å². The Bertz CT molecular complexity index is 993. The number of carbonyl (C=O) groups is 1. The molecule has 11 heteroatoms. The second-order valence-corrected chi connectivity index (χ2v) is 7.77. The van der Waals surface area contributed by atoms with Gasteiger partial charge in [0.2, 0.25) is 17.6 Å². The van der Waals surface area contributed by atoms with E-state index in [1.54, 1.807) is 31.2 Å². The van der Waals surface area contributed by atoms with Crippen molar-refractivity contribution in [2.24, 2.45) is 0 Å². The smallest absolute Gasteiger partial charge is 0.293 e. The Kier molecular flexibility index (Phi) is 5.97. The Morgan fingerprint density at radius 1 is 1.34 bits per heavy atom. The van der Waals surface area contributed by atoms with Gasteiger partial charge in [-0.2, -0.15) is 4.39 Å². The lowest BCUT2D eigenvalue weighted by molar-refractivity contribution is 0.0859. The Morgan fingerprint density at radius 2 is 2.10 bits per heavy atom. The molecule has 1 fully saturated rings. The van der Waals surface area contributed by atoms with Gasteiger partial charge in [0.1, 0.15) is 6.10 Å². The highest BCUT2D eigenvalue weighted by molar-refractivity contribution is 9.49. The van der Waals surface area contributed by atoms with Gasteiger partial charge in [-0.3, -0.25) is 8.98 Å². The second kappa shape index (κ2) is 8.64. The van der Waals surface area contributed by atoms with Gasteiger partial charge in [0.05, 0.1) is 10.5 Å². The van der Waals surface area contributed by atoms with Crippen molar-refractivity contribution >= 4 is 31.2 Å². The molecular weight excluding hydrogens is 467 g/mol. The predicted octanol–water partition coefficient (Wildman–Crippen LogP) is 4.58. The van der Waals surface area contributed by atoms with Gasteiger partial charge < -0.3 is 14.3 Å². The summed E-state index contributed by atoms with van der Waals surface area (Å²) < 4.78 is 30.4. The quantitative estimate of drug-likeness (QED) is 0.488. The lowest BCUT2D eigenvalue weighted by Crippen LogP contribution is -2.43. The summed E-state index contributed by atoms with van der Waals surface area (Å²) in [6.45, 7) is 1.80. The van der Waals surface area contributed by atoms with E-state index in [1.165, 1.54) is 0 Å². The number of carbonyl (C=O) groups excluding carboxylic acids is 1. The summed E-state index contributed by atoms with van der Waals surface area (Å²) in [6, 6.07) is 8.57. The molecule has 0 aliphatic heterocycles. The lowest BCUT2D eigenvalue weighted by atomic mass is 9.80. The summed E-state index contributed by atoms with van der Waals surface area (Å²) in [4.78, 5) is 12.4. The summed E-state index contributed by atoms with van der Waals surface area (Å²) in [5.41, 5.74) is 0.554. The number of aromatic nitrogens is 3. The molecule has 152 valence electrons. The largest absolute Gasteiger partial charge is 0.422 e. The number of amides is 1. The van der Waals surface area contributed by atoms with Gasteiger partial charge in [0, 0.05) is 32.3 Å². The third-order valence-corrected chi connectivity index (χ3v) is 5.52. The highest BCUT2D eigenvalue weighted by Crippen LogP contribution is 2.37. The standard InChI is InChI=1S/C18H16BrFN4O4S/c1-9(28-29-19)17-22-23-18(26-17)11-7-12(8-11)21-16(25)15-13(20)14(24-27-15)10-5-3-2-4-6-10/h2-6,9,11-12H,7-8H2,1H3,(H,21,25)/t9-,11-,12-/m1/s1. The van der Waals surface area contributed by atoms with Crippen LogP contribution in [-0.4, -0.2) is 27.3 Å². The van der Waals surface area contributed by atoms with E-state index in [2.05, 4.69) is 35.5 Å². The van der Waals surface area contributed by atoms with Crippen LogP contribution in [0.3, 0.4) is 0 Å². The molecule has 1 saturated carbocycles. The molecule has 4 rings (SSSR count). The molecule has 2 heterocycles. The van der Waals surface area contributed by atoms with Crippen molar-refractivity contribution in [3.63, 3.8) is 0 Å². The second-order valence-electron chi connectivity index (χ2n) is 6.66. The van der Waals surface area contributed by atoms with Crippen LogP contribution in [0, 0.1) is 5.82 Å². The zero-order chi connectivity index (χ0) is 20.4. The van der Waals surface area contributed by atoms with Crippen molar-refractivity contribution in [3.8, 4) is 11.3 Å². The van der Waals surface area contributed by atoms with Gasteiger partial charge in [0.15, 0.2) is 5.69 Å². The summed E-state index contributed by atoms with van der Waals surface area (Å²) in [5.74, 6) is -0.919. The lowest BCUT2D eigenvalue weighted by Gasteiger charge is -2.33. The van der Waals surface area contributed by atoms with Gasteiger partial charge in [0.25, 0.3) is 11.7 Å². The zero-order valence-corrected chi connectivity index (χ0v) is 17.6. The van der Waals surface area contributed by atoms with Crippen molar-refractivity contribution in [2.75, 3.05) is 0 Å². The van der Waals surface area contributed by atoms with Gasteiger partial charge in [-0.25, -0.2) is 0 Å². The number of nitrogens with one attached hydrogen (secondary N) is 1. The number of benzene rings is 1. The van der Waals surface area contributed by atoms with Gasteiger partial charge >= 0.3 is 0 Å². The molecule has 3 aromatic rings. The number of rotatable bonds is 7. The minimum Gasteiger partial charge on any atom is -0.422 e. The molecule has 8 nitrogen and oxygen atoms in total. The van der Waals surface area contributed by atoms with Crippen LogP contribution in [0.25, 0.3) is 11.3 Å². The van der Waals surface area contributed by atoms with Crippen LogP contribution in [-0.2, 0) is 4.18 Å². The molecule has 1 amide bonds. The number of hydrogen-bond acceptors (Lipinski definition) is 8. The molecule has 2 aromatic heterocycles. The SMILES string of the molecule is C[C@@H](OSBr)c1nnc([C@H]2C[C@H](NC(=O)c3onc(-c4ccccc4)c3F)C2)o1. The van der Waals surface area contributed by atoms with Crippen LogP contribution in [0.1, 0.15) is 54.1 Å². The summed E-state index contributed by atoms with van der Waals surface area (Å²) >= 11 is 3.10. The number of hydrogen-bond donors (Lipinski definition) is 1. The average Bonchev–Trinajstić information content (AvgIpc) is 3.32. The van der Waals surface area contributed by atoms with E-state index >= 15 is 0 Å². The van der Waals surface area contributed by atoms with Gasteiger partial charge in [-0.05, 0) is 19.8 Å². The Balaban J connectivity index is 1.34. The summed E-state index contributed by atoms with van der Waals surface area (Å²) in [7, 11) is 1.04. The number of halogens is 2. The highest BCUT2D eigenvalue weighted by atomic mass is 79.9. The zero-order valence-electron chi connectivity index (χ0n) is 15.2. The molecular formula is C18H16BrFN4O4S. The maximum absolute atomic E-state index is 14.6. The van der Waals surface area contributed by atoms with Crippen molar-refractivity contribution in [2.45, 2.75) is 37.8 Å². The summed E-state index contributed by atoms with van der Waals surface area (Å²) in [5, 5.41) is 14.5. The van der Waals surface area contributed by atoms with Crippen molar-refractivity contribution in [1.29, 1.82) is 0 Å². The molecule has 0 unspecified atom stereocenters. The van der Waals surface area contributed by atoms with Crippen LogP contribution in [0.4, 0.5) is 4.39 Å². The third-order valence-electron chi connectivity index (χ3n) is 4.70. The maximum atomic E-state index is 14.6. The van der Waals surface area contributed by atoms with E-state index in [-0.39, 0.29) is 23.8 Å². The molecule has 1 atom stereocenters. The fraction of sp³-hybridized carbons (Fsp3) is 0.333. The Morgan fingerprint density at radius 3 is 2.83 bits per heavy atom. The Labute approximate surface area is 177 Å². The van der Waals surface area contributed by atoms with Gasteiger partial charge in [-0.1, -0.05) is 35.5 Å². The van der Waals surface area contributed by atoms with Crippen molar-refractivity contribution in [1.82, 2.24) is 20.7 Å². The van der Waals surface area contributed by atoms with Crippen LogP contribution < -0.4 is 5.32 Å². The molecule has 0 saturated heterocycles. The summed E-state index contributed by atoms with van der Waals surface area (Å²) in [6.07, 6.45) is 0.873. The van der Waals surface area contributed by atoms with E-state index in [9.17, 15) is 9.18 Å². The highest BCUT2D eigenvalue weighted by Gasteiger charge is 2.37. The van der Waals surface area contributed by atoms with E-state index in [0.717, 1.165) is 10.5 Å². The van der Waals surface area contributed by atoms with E-state index in [1.807, 2.05) is 6.07 Å². The first kappa shape index (κ1) is 20.0. The predicted molar refractivity (Wildman–Crippen MR) is 105 cm³/mol. The van der Waals surface area contributed by atoms with Crippen molar-refractivity contribution < 1.29 is 22.3 Å². The first-order chi connectivity index (χ1) is 14.1. The van der Waals surface area contributed by atoms with Crippen LogP contribution >= 0.6 is 25.3 Å². The molecule has 0 bridgehead atoms. The van der Waals surface area contributed by atoms with E-state index in [0.29, 0.717) is 30.2 Å². The van der Waals surface area contributed by atoms with Crippen molar-refractivity contribution in [3.05, 3.63) is 53.7 Å². The van der Waals surface area contributed by atoms with E-state index in [4.69, 9.17) is 13.1 Å². The minimum absolute atomic E-state index is 0.0126. The third kappa shape index (κ3) is 4.21. The minimum atomic E-state index is -0.773. The van der Waals surface area contributed by atoms with Crippen LogP contribution in [0.15, 0.2) is 39.3 Å². The molecule has 1 aliphatic rings. The average molecular weight is 483 g/mol. The molecule has 0 radical (unpaired) electrons. The first-order valence-corrected chi connectivity index (χ1v) is 11.4. The van der Waals surface area contributed by atoms with Crippen LogP contribution in [0.5, 0.6) is 0 Å². The fourth-order valence-electron chi connectivity index (χ4n) is 3.06. The molecule has 0 spiro atoms. The molecule has 29 heavy (non-hydrogen) atoms. The Hall–Kier alpha value is -2.24. The first-order valence-electron chi connectivity index (χ1n) is 8.85. The monoisotopic (exact) mass is 482 g/mol. The fourth-order valence-corrected chi connectivity index (χ4v) is 3.93. The normalized spacial score (nSPS) is 19.6. The molecule has 1 aliphatic carbocycles.